The molecule has 2 aromatic rings. The molecule has 0 saturated carbocycles. The van der Waals surface area contributed by atoms with E-state index in [1.807, 2.05) is 31.6 Å². The molecule has 4 heterocycles. The lowest BCUT2D eigenvalue weighted by molar-refractivity contribution is -0.137. The lowest BCUT2D eigenvalue weighted by Gasteiger charge is -2.20. The average molecular weight is 495 g/mol. The number of alkyl halides is 3. The minimum Gasteiger partial charge on any atom is -0.369 e. The zero-order chi connectivity index (χ0) is 25.4. The summed E-state index contributed by atoms with van der Waals surface area (Å²) in [6.07, 6.45) is 0.324. The fraction of sp³-hybridized carbons (Fsp3) is 0.652. The van der Waals surface area contributed by atoms with E-state index in [4.69, 9.17) is 0 Å². The zero-order valence-electron chi connectivity index (χ0n) is 20.6. The number of aryl methyl sites for hydroxylation is 1. The molecule has 0 radical (unpaired) electrons. The van der Waals surface area contributed by atoms with Gasteiger partial charge in [0.15, 0.2) is 0 Å². The van der Waals surface area contributed by atoms with Gasteiger partial charge in [0.1, 0.15) is 11.4 Å². The standard InChI is InChI=1S/C23H33F3N8O/c1-15-18(14-34(31-15)16-6-10-32(4)13-16)29-21-28-12-17(23(24,25)26)19(30-21)27-8-5-9-33-11-7-22(2,3)20(33)35/h12,14,16H,5-11,13H2,1-4H3,(H2,27,28,29,30). The van der Waals surface area contributed by atoms with Crippen molar-refractivity contribution in [3.63, 3.8) is 0 Å². The lowest BCUT2D eigenvalue weighted by atomic mass is 9.92. The Bertz CT molecular complexity index is 1070. The van der Waals surface area contributed by atoms with Crippen molar-refractivity contribution < 1.29 is 18.0 Å². The molecule has 12 heteroatoms. The molecular weight excluding hydrogens is 461 g/mol. The molecule has 2 aliphatic heterocycles. The molecule has 9 nitrogen and oxygen atoms in total. The fourth-order valence-electron chi connectivity index (χ4n) is 4.56. The van der Waals surface area contributed by atoms with Crippen LogP contribution in [-0.2, 0) is 11.0 Å². The third-order valence-corrected chi connectivity index (χ3v) is 6.77. The van der Waals surface area contributed by atoms with Gasteiger partial charge in [0, 0.05) is 44.0 Å². The number of nitrogens with zero attached hydrogens (tertiary/aromatic N) is 6. The molecule has 2 fully saturated rings. The van der Waals surface area contributed by atoms with Gasteiger partial charge in [-0.3, -0.25) is 9.48 Å². The molecule has 1 unspecified atom stereocenters. The van der Waals surface area contributed by atoms with Gasteiger partial charge in [-0.05, 0) is 39.8 Å². The van der Waals surface area contributed by atoms with Crippen molar-refractivity contribution in [2.75, 3.05) is 50.4 Å². The first kappa shape index (κ1) is 25.2. The van der Waals surface area contributed by atoms with Crippen molar-refractivity contribution in [2.24, 2.45) is 5.41 Å². The molecule has 2 aromatic heterocycles. The van der Waals surface area contributed by atoms with Crippen molar-refractivity contribution in [3.8, 4) is 0 Å². The normalized spacial score (nSPS) is 20.6. The number of likely N-dealkylation sites (tertiary alicyclic amines) is 2. The van der Waals surface area contributed by atoms with E-state index in [9.17, 15) is 18.0 Å². The van der Waals surface area contributed by atoms with E-state index >= 15 is 0 Å². The molecule has 192 valence electrons. The number of hydrogen-bond acceptors (Lipinski definition) is 7. The highest BCUT2D eigenvalue weighted by atomic mass is 19.4. The number of carbonyl (C=O) groups is 1. The fourth-order valence-corrected chi connectivity index (χ4v) is 4.56. The highest BCUT2D eigenvalue weighted by Crippen LogP contribution is 2.35. The SMILES string of the molecule is Cc1nn(C2CCN(C)C2)cc1Nc1ncc(C(F)(F)F)c(NCCCN2CCC(C)(C)C2=O)n1. The maximum atomic E-state index is 13.6. The van der Waals surface area contributed by atoms with E-state index < -0.39 is 11.7 Å². The number of nitrogens with one attached hydrogen (secondary N) is 2. The van der Waals surface area contributed by atoms with Crippen LogP contribution >= 0.6 is 0 Å². The van der Waals surface area contributed by atoms with Gasteiger partial charge >= 0.3 is 6.18 Å². The van der Waals surface area contributed by atoms with E-state index in [0.717, 1.165) is 37.8 Å². The summed E-state index contributed by atoms with van der Waals surface area (Å²) in [5.74, 6) is -0.143. The van der Waals surface area contributed by atoms with Gasteiger partial charge in [-0.25, -0.2) is 4.98 Å². The Hall–Kier alpha value is -2.89. The van der Waals surface area contributed by atoms with Crippen LogP contribution in [0, 0.1) is 12.3 Å². The Morgan fingerprint density at radius 1 is 1.26 bits per heavy atom. The van der Waals surface area contributed by atoms with Gasteiger partial charge < -0.3 is 20.4 Å². The van der Waals surface area contributed by atoms with Crippen LogP contribution in [0.2, 0.25) is 0 Å². The summed E-state index contributed by atoms with van der Waals surface area (Å²) in [5, 5.41) is 10.4. The van der Waals surface area contributed by atoms with Crippen molar-refractivity contribution >= 4 is 23.4 Å². The van der Waals surface area contributed by atoms with Crippen LogP contribution in [0.3, 0.4) is 0 Å². The van der Waals surface area contributed by atoms with Crippen LogP contribution in [0.15, 0.2) is 12.4 Å². The Balaban J connectivity index is 1.42. The van der Waals surface area contributed by atoms with Gasteiger partial charge in [-0.2, -0.15) is 23.3 Å². The van der Waals surface area contributed by atoms with E-state index in [1.54, 1.807) is 4.90 Å². The molecule has 0 aromatic carbocycles. The predicted octanol–water partition coefficient (Wildman–Crippen LogP) is 3.68. The first-order valence-electron chi connectivity index (χ1n) is 11.9. The molecule has 4 rings (SSSR count). The second-order valence-corrected chi connectivity index (χ2v) is 10.1. The largest absolute Gasteiger partial charge is 0.421 e. The number of carbonyl (C=O) groups excluding carboxylic acids is 1. The van der Waals surface area contributed by atoms with Crippen LogP contribution in [0.25, 0.3) is 0 Å². The summed E-state index contributed by atoms with van der Waals surface area (Å²) in [5.41, 5.74) is 0.0722. The molecule has 35 heavy (non-hydrogen) atoms. The lowest BCUT2D eigenvalue weighted by Crippen LogP contribution is -2.32. The monoisotopic (exact) mass is 494 g/mol. The number of halogens is 3. The Morgan fingerprint density at radius 3 is 2.66 bits per heavy atom. The summed E-state index contributed by atoms with van der Waals surface area (Å²) in [6, 6.07) is 0.257. The molecule has 0 aliphatic carbocycles. The molecule has 2 saturated heterocycles. The number of amides is 1. The molecule has 1 atom stereocenters. The number of aromatic nitrogens is 4. The van der Waals surface area contributed by atoms with Crippen LogP contribution in [-0.4, -0.2) is 75.2 Å². The van der Waals surface area contributed by atoms with Gasteiger partial charge in [0.05, 0.1) is 17.4 Å². The number of hydrogen-bond donors (Lipinski definition) is 2. The van der Waals surface area contributed by atoms with Crippen molar-refractivity contribution in [3.05, 3.63) is 23.7 Å². The summed E-state index contributed by atoms with van der Waals surface area (Å²) in [6.45, 7) is 8.95. The third-order valence-electron chi connectivity index (χ3n) is 6.77. The van der Waals surface area contributed by atoms with Crippen molar-refractivity contribution in [2.45, 2.75) is 52.3 Å². The Morgan fingerprint density at radius 2 is 2.03 bits per heavy atom. The van der Waals surface area contributed by atoms with Crippen LogP contribution < -0.4 is 10.6 Å². The maximum absolute atomic E-state index is 13.6. The minimum absolute atomic E-state index is 0.0585. The highest BCUT2D eigenvalue weighted by Gasteiger charge is 2.38. The van der Waals surface area contributed by atoms with Crippen LogP contribution in [0.4, 0.5) is 30.6 Å². The first-order valence-corrected chi connectivity index (χ1v) is 11.9. The van der Waals surface area contributed by atoms with E-state index in [-0.39, 0.29) is 35.7 Å². The Kier molecular flexibility index (Phi) is 6.94. The predicted molar refractivity (Wildman–Crippen MR) is 127 cm³/mol. The van der Waals surface area contributed by atoms with E-state index in [1.165, 1.54) is 0 Å². The molecule has 0 spiro atoms. The second kappa shape index (κ2) is 9.63. The molecular formula is C23H33F3N8O. The molecule has 1 amide bonds. The zero-order valence-corrected chi connectivity index (χ0v) is 20.6. The quantitative estimate of drug-likeness (QED) is 0.541. The number of rotatable bonds is 8. The number of anilines is 3. The minimum atomic E-state index is -4.59. The average Bonchev–Trinajstić information content (AvgIpc) is 3.44. The van der Waals surface area contributed by atoms with Gasteiger partial charge in [0.25, 0.3) is 0 Å². The van der Waals surface area contributed by atoms with Crippen molar-refractivity contribution in [1.29, 1.82) is 0 Å². The van der Waals surface area contributed by atoms with Gasteiger partial charge in [0.2, 0.25) is 11.9 Å². The maximum Gasteiger partial charge on any atom is 0.421 e. The van der Waals surface area contributed by atoms with Gasteiger partial charge in [-0.15, -0.1) is 0 Å². The van der Waals surface area contributed by atoms with Crippen molar-refractivity contribution in [1.82, 2.24) is 29.5 Å². The van der Waals surface area contributed by atoms with Crippen LogP contribution in [0.5, 0.6) is 0 Å². The molecule has 0 bridgehead atoms. The summed E-state index contributed by atoms with van der Waals surface area (Å²) >= 11 is 0. The third kappa shape index (κ3) is 5.68. The van der Waals surface area contributed by atoms with E-state index in [2.05, 4.69) is 37.6 Å². The topological polar surface area (TPSA) is 91.2 Å². The summed E-state index contributed by atoms with van der Waals surface area (Å²) < 4.78 is 42.6. The van der Waals surface area contributed by atoms with Gasteiger partial charge in [-0.1, -0.05) is 13.8 Å². The summed E-state index contributed by atoms with van der Waals surface area (Å²) in [4.78, 5) is 24.4. The Labute approximate surface area is 203 Å². The summed E-state index contributed by atoms with van der Waals surface area (Å²) in [7, 11) is 2.06. The highest BCUT2D eigenvalue weighted by molar-refractivity contribution is 5.83. The second-order valence-electron chi connectivity index (χ2n) is 10.1. The number of likely N-dealkylation sites (N-methyl/N-ethyl adjacent to an activating group) is 1. The van der Waals surface area contributed by atoms with E-state index in [0.29, 0.717) is 25.2 Å². The smallest absolute Gasteiger partial charge is 0.369 e. The molecule has 2 aliphatic rings. The molecule has 2 N–H and O–H groups in total. The first-order chi connectivity index (χ1) is 16.4. The van der Waals surface area contributed by atoms with Crippen LogP contribution in [0.1, 0.15) is 50.4 Å².